The van der Waals surface area contributed by atoms with Crippen molar-refractivity contribution < 1.29 is 23.1 Å². The van der Waals surface area contributed by atoms with Crippen molar-refractivity contribution in [1.29, 1.82) is 0 Å². The lowest BCUT2D eigenvalue weighted by atomic mass is 9.95. The first-order valence-electron chi connectivity index (χ1n) is 9.06. The molecule has 26 heavy (non-hydrogen) atoms. The summed E-state index contributed by atoms with van der Waals surface area (Å²) in [5.41, 5.74) is 0.900. The van der Waals surface area contributed by atoms with Gasteiger partial charge >= 0.3 is 5.97 Å². The van der Waals surface area contributed by atoms with Crippen molar-refractivity contribution >= 4 is 21.7 Å². The number of carbonyl (C=O) groups is 2. The van der Waals surface area contributed by atoms with Gasteiger partial charge in [0.1, 0.15) is 9.84 Å². The monoisotopic (exact) mass is 379 g/mol. The molecule has 1 aromatic rings. The normalized spacial score (nSPS) is 23.9. The fourth-order valence-electron chi connectivity index (χ4n) is 3.94. The number of carbonyl (C=O) groups excluding carboxylic acids is 1. The number of aliphatic carboxylic acids is 1. The van der Waals surface area contributed by atoms with E-state index in [4.69, 9.17) is 5.11 Å². The van der Waals surface area contributed by atoms with Crippen LogP contribution >= 0.6 is 0 Å². The topological polar surface area (TPSA) is 101 Å². The van der Waals surface area contributed by atoms with Crippen molar-refractivity contribution in [2.75, 3.05) is 11.5 Å². The standard InChI is InChI=1S/C19H25NO5S/c21-17(22)7-6-15(12-14-4-2-1-3-5-14)20-18(23)16-13-19(16)8-10-26(24,25)11-9-19/h1-5,15-16H,6-13H2,(H,20,23)(H,21,22). The van der Waals surface area contributed by atoms with Crippen LogP contribution in [-0.2, 0) is 25.8 Å². The fourth-order valence-corrected chi connectivity index (χ4v) is 5.58. The zero-order valence-electron chi connectivity index (χ0n) is 14.7. The van der Waals surface area contributed by atoms with Gasteiger partial charge in [-0.3, -0.25) is 9.59 Å². The molecule has 0 aromatic heterocycles. The molecule has 1 spiro atoms. The zero-order valence-corrected chi connectivity index (χ0v) is 15.5. The summed E-state index contributed by atoms with van der Waals surface area (Å²) in [7, 11) is -2.94. The second-order valence-corrected chi connectivity index (χ2v) is 9.90. The summed E-state index contributed by atoms with van der Waals surface area (Å²) >= 11 is 0. The lowest BCUT2D eigenvalue weighted by Crippen LogP contribution is -2.39. The smallest absolute Gasteiger partial charge is 0.303 e. The largest absolute Gasteiger partial charge is 0.481 e. The Morgan fingerprint density at radius 2 is 1.85 bits per heavy atom. The minimum Gasteiger partial charge on any atom is -0.481 e. The molecule has 6 nitrogen and oxygen atoms in total. The Bertz CT molecular complexity index is 760. The Morgan fingerprint density at radius 1 is 1.19 bits per heavy atom. The second-order valence-electron chi connectivity index (χ2n) is 7.60. The summed E-state index contributed by atoms with van der Waals surface area (Å²) in [6.45, 7) is 0. The van der Waals surface area contributed by atoms with Crippen LogP contribution in [0.5, 0.6) is 0 Å². The second kappa shape index (κ2) is 7.39. The highest BCUT2D eigenvalue weighted by molar-refractivity contribution is 7.91. The minimum atomic E-state index is -2.94. The zero-order chi connectivity index (χ0) is 18.8. The molecule has 1 aliphatic heterocycles. The third kappa shape index (κ3) is 4.63. The van der Waals surface area contributed by atoms with Gasteiger partial charge in [0.15, 0.2) is 0 Å². The molecule has 1 saturated carbocycles. The highest BCUT2D eigenvalue weighted by atomic mass is 32.2. The summed E-state index contributed by atoms with van der Waals surface area (Å²) in [6.07, 6.45) is 2.84. The first-order chi connectivity index (χ1) is 12.3. The van der Waals surface area contributed by atoms with E-state index in [1.807, 2.05) is 30.3 Å². The molecule has 2 fully saturated rings. The molecular weight excluding hydrogens is 354 g/mol. The molecule has 142 valence electrons. The van der Waals surface area contributed by atoms with Gasteiger partial charge in [-0.25, -0.2) is 8.42 Å². The Balaban J connectivity index is 1.59. The van der Waals surface area contributed by atoms with E-state index in [-0.39, 0.29) is 41.2 Å². The quantitative estimate of drug-likeness (QED) is 0.752. The van der Waals surface area contributed by atoms with Gasteiger partial charge in [0.2, 0.25) is 5.91 Å². The van der Waals surface area contributed by atoms with Crippen molar-refractivity contribution in [2.24, 2.45) is 11.3 Å². The van der Waals surface area contributed by atoms with E-state index in [2.05, 4.69) is 5.32 Å². The van der Waals surface area contributed by atoms with E-state index in [0.717, 1.165) is 12.0 Å². The fraction of sp³-hybridized carbons (Fsp3) is 0.579. The van der Waals surface area contributed by atoms with Crippen molar-refractivity contribution in [1.82, 2.24) is 5.32 Å². The molecule has 1 aromatic carbocycles. The third-order valence-electron chi connectivity index (χ3n) is 5.71. The SMILES string of the molecule is O=C(O)CCC(Cc1ccccc1)NC(=O)C1CC12CCS(=O)(=O)CC2. The van der Waals surface area contributed by atoms with Crippen molar-refractivity contribution in [3.63, 3.8) is 0 Å². The molecule has 2 aliphatic rings. The molecule has 1 saturated heterocycles. The number of hydrogen-bond donors (Lipinski definition) is 2. The van der Waals surface area contributed by atoms with Crippen molar-refractivity contribution in [3.8, 4) is 0 Å². The number of amides is 1. The molecule has 7 heteroatoms. The predicted octanol–water partition coefficient (Wildman–Crippen LogP) is 1.79. The molecule has 2 atom stereocenters. The number of nitrogens with one attached hydrogen (secondary N) is 1. The molecule has 1 aliphatic carbocycles. The van der Waals surface area contributed by atoms with Crippen LogP contribution in [0.3, 0.4) is 0 Å². The first kappa shape index (κ1) is 18.9. The van der Waals surface area contributed by atoms with Gasteiger partial charge < -0.3 is 10.4 Å². The van der Waals surface area contributed by atoms with Crippen LogP contribution in [-0.4, -0.2) is 42.9 Å². The molecule has 2 unspecified atom stereocenters. The van der Waals surface area contributed by atoms with Crippen LogP contribution in [0.1, 0.15) is 37.7 Å². The third-order valence-corrected chi connectivity index (χ3v) is 7.36. The molecule has 0 radical (unpaired) electrons. The van der Waals surface area contributed by atoms with Crippen molar-refractivity contribution in [3.05, 3.63) is 35.9 Å². The number of carboxylic acids is 1. The van der Waals surface area contributed by atoms with Gasteiger partial charge in [0, 0.05) is 18.4 Å². The summed E-state index contributed by atoms with van der Waals surface area (Å²) in [6, 6.07) is 9.45. The van der Waals surface area contributed by atoms with Crippen LogP contribution in [0.15, 0.2) is 30.3 Å². The molecule has 1 amide bonds. The van der Waals surface area contributed by atoms with Gasteiger partial charge in [-0.05, 0) is 43.1 Å². The van der Waals surface area contributed by atoms with Gasteiger partial charge in [-0.15, -0.1) is 0 Å². The average Bonchev–Trinajstić information content (AvgIpc) is 3.31. The van der Waals surface area contributed by atoms with Crippen LogP contribution < -0.4 is 5.32 Å². The van der Waals surface area contributed by atoms with Gasteiger partial charge in [-0.1, -0.05) is 30.3 Å². The van der Waals surface area contributed by atoms with E-state index < -0.39 is 15.8 Å². The molecule has 1 heterocycles. The highest BCUT2D eigenvalue weighted by Crippen LogP contribution is 2.59. The molecule has 3 rings (SSSR count). The summed E-state index contributed by atoms with van der Waals surface area (Å²) < 4.78 is 23.2. The maximum absolute atomic E-state index is 12.7. The first-order valence-corrected chi connectivity index (χ1v) is 10.9. The predicted molar refractivity (Wildman–Crippen MR) is 97.4 cm³/mol. The maximum Gasteiger partial charge on any atom is 0.303 e. The number of carboxylic acid groups (broad SMARTS) is 1. The Morgan fingerprint density at radius 3 is 2.46 bits per heavy atom. The summed E-state index contributed by atoms with van der Waals surface area (Å²) in [5.74, 6) is -0.735. The molecule has 2 N–H and O–H groups in total. The number of benzene rings is 1. The van der Waals surface area contributed by atoms with Crippen LogP contribution in [0.2, 0.25) is 0 Å². The van der Waals surface area contributed by atoms with E-state index in [0.29, 0.717) is 25.7 Å². The molecule has 0 bridgehead atoms. The maximum atomic E-state index is 12.7. The minimum absolute atomic E-state index is 0.00579. The van der Waals surface area contributed by atoms with Gasteiger partial charge in [-0.2, -0.15) is 0 Å². The average molecular weight is 379 g/mol. The van der Waals surface area contributed by atoms with Crippen LogP contribution in [0.25, 0.3) is 0 Å². The molecular formula is C19H25NO5S. The lowest BCUT2D eigenvalue weighted by Gasteiger charge is -2.24. The summed E-state index contributed by atoms with van der Waals surface area (Å²) in [5, 5.41) is 12.0. The van der Waals surface area contributed by atoms with E-state index in [1.165, 1.54) is 0 Å². The van der Waals surface area contributed by atoms with Crippen LogP contribution in [0.4, 0.5) is 0 Å². The van der Waals surface area contributed by atoms with Gasteiger partial charge in [0.25, 0.3) is 0 Å². The number of hydrogen-bond acceptors (Lipinski definition) is 4. The van der Waals surface area contributed by atoms with E-state index >= 15 is 0 Å². The Hall–Kier alpha value is -1.89. The van der Waals surface area contributed by atoms with Crippen LogP contribution in [0, 0.1) is 11.3 Å². The Labute approximate surface area is 153 Å². The highest BCUT2D eigenvalue weighted by Gasteiger charge is 2.59. The van der Waals surface area contributed by atoms with E-state index in [1.54, 1.807) is 0 Å². The van der Waals surface area contributed by atoms with Gasteiger partial charge in [0.05, 0.1) is 11.5 Å². The number of sulfone groups is 1. The number of rotatable bonds is 7. The van der Waals surface area contributed by atoms with E-state index in [9.17, 15) is 18.0 Å². The van der Waals surface area contributed by atoms with Crippen molar-refractivity contribution in [2.45, 2.75) is 44.6 Å². The summed E-state index contributed by atoms with van der Waals surface area (Å²) in [4.78, 5) is 23.6. The Kier molecular flexibility index (Phi) is 5.37. The lowest BCUT2D eigenvalue weighted by molar-refractivity contribution is -0.137.